The van der Waals surface area contributed by atoms with E-state index in [1.807, 2.05) is 47.6 Å². The van der Waals surface area contributed by atoms with Crippen molar-refractivity contribution in [3.05, 3.63) is 46.5 Å². The van der Waals surface area contributed by atoms with E-state index in [1.54, 1.807) is 6.92 Å². The minimum atomic E-state index is -0.416. The highest BCUT2D eigenvalue weighted by Crippen LogP contribution is 2.17. The van der Waals surface area contributed by atoms with Crippen molar-refractivity contribution in [2.45, 2.75) is 61.8 Å². The Balaban J connectivity index is 0. The number of nitrogens with one attached hydrogen (secondary N) is 1. The van der Waals surface area contributed by atoms with E-state index in [0.29, 0.717) is 38.5 Å². The number of ether oxygens (including phenoxy) is 3. The van der Waals surface area contributed by atoms with Crippen molar-refractivity contribution < 1.29 is 23.8 Å². The molecular weight excluding hydrogens is 394 g/mol. The van der Waals surface area contributed by atoms with E-state index in [1.165, 1.54) is 0 Å². The molecule has 0 fully saturated rings. The quantitative estimate of drug-likeness (QED) is 0.289. The smallest absolute Gasteiger partial charge is 0.333 e. The molecule has 0 spiro atoms. The fraction of sp³-hybridized carbons (Fsp3) is 0.600. The van der Waals surface area contributed by atoms with E-state index < -0.39 is 5.97 Å². The maximum absolute atomic E-state index is 12.4. The maximum Gasteiger partial charge on any atom is 0.333 e. The van der Waals surface area contributed by atoms with Gasteiger partial charge in [-0.25, -0.2) is 4.79 Å². The lowest BCUT2D eigenvalue weighted by atomic mass is 9.96. The predicted molar refractivity (Wildman–Crippen MR) is 128 cm³/mol. The highest BCUT2D eigenvalue weighted by molar-refractivity contribution is 5.96. The molecule has 1 N–H and O–H groups in total. The Hall–Kier alpha value is -2.18. The van der Waals surface area contributed by atoms with Crippen LogP contribution < -0.4 is 5.32 Å². The van der Waals surface area contributed by atoms with Gasteiger partial charge in [0.2, 0.25) is 0 Å². The van der Waals surface area contributed by atoms with E-state index >= 15 is 0 Å². The molecule has 0 radical (unpaired) electrons. The number of rotatable bonds is 12. The van der Waals surface area contributed by atoms with Crippen LogP contribution in [0, 0.1) is 13.8 Å². The van der Waals surface area contributed by atoms with Crippen molar-refractivity contribution in [3.8, 4) is 0 Å². The fourth-order valence-corrected chi connectivity index (χ4v) is 2.64. The minimum absolute atomic E-state index is 0.0715. The largest absolute Gasteiger partial charge is 0.460 e. The van der Waals surface area contributed by atoms with Crippen LogP contribution in [0.4, 0.5) is 0 Å². The summed E-state index contributed by atoms with van der Waals surface area (Å²) in [6, 6.07) is 4.02. The van der Waals surface area contributed by atoms with E-state index in [9.17, 15) is 9.59 Å². The average Bonchev–Trinajstić information content (AvgIpc) is 2.76. The zero-order chi connectivity index (χ0) is 24.2. The summed E-state index contributed by atoms with van der Waals surface area (Å²) in [6.45, 7) is 21.3. The molecule has 0 aromatic heterocycles. The van der Waals surface area contributed by atoms with E-state index in [2.05, 4.69) is 24.9 Å². The van der Waals surface area contributed by atoms with Crippen LogP contribution >= 0.6 is 0 Å². The number of carbonyl (C=O) groups excluding carboxylic acids is 2. The standard InChI is InChI=1S/C21H31NO5.2C2H6/c1-6-18-17(5)13-16(4)14-19(18)20(23)22-7-8-25-9-10-26-11-12-27-21(24)15(2)3;2*1-2/h13-14H,2,6-12H2,1,3-5H3,(H,22,23);2*1-2H3. The van der Waals surface area contributed by atoms with Gasteiger partial charge in [0.1, 0.15) is 6.61 Å². The highest BCUT2D eigenvalue weighted by atomic mass is 16.6. The van der Waals surface area contributed by atoms with E-state index in [-0.39, 0.29) is 12.5 Å². The summed E-state index contributed by atoms with van der Waals surface area (Å²) in [5.41, 5.74) is 4.41. The second kappa shape index (κ2) is 19.8. The molecule has 0 atom stereocenters. The van der Waals surface area contributed by atoms with Crippen LogP contribution in [0.2, 0.25) is 0 Å². The van der Waals surface area contributed by atoms with Crippen LogP contribution in [-0.4, -0.2) is 51.5 Å². The number of esters is 1. The summed E-state index contributed by atoms with van der Waals surface area (Å²) in [5.74, 6) is -0.488. The Bertz CT molecular complexity index is 656. The van der Waals surface area contributed by atoms with Crippen molar-refractivity contribution >= 4 is 11.9 Å². The summed E-state index contributed by atoms with van der Waals surface area (Å²) in [4.78, 5) is 23.5. The van der Waals surface area contributed by atoms with Gasteiger partial charge in [-0.2, -0.15) is 0 Å². The second-order valence-corrected chi connectivity index (χ2v) is 6.36. The molecule has 0 aliphatic heterocycles. The molecule has 0 bridgehead atoms. The zero-order valence-electron chi connectivity index (χ0n) is 20.9. The van der Waals surface area contributed by atoms with Crippen molar-refractivity contribution in [1.82, 2.24) is 5.32 Å². The van der Waals surface area contributed by atoms with Gasteiger partial charge in [0.25, 0.3) is 5.91 Å². The second-order valence-electron chi connectivity index (χ2n) is 6.36. The minimum Gasteiger partial charge on any atom is -0.460 e. The summed E-state index contributed by atoms with van der Waals surface area (Å²) in [5, 5.41) is 2.89. The Morgan fingerprint density at radius 2 is 1.48 bits per heavy atom. The monoisotopic (exact) mass is 437 g/mol. The van der Waals surface area contributed by atoms with Gasteiger partial charge in [-0.05, 0) is 44.4 Å². The summed E-state index contributed by atoms with van der Waals surface area (Å²) < 4.78 is 15.6. The molecule has 1 amide bonds. The van der Waals surface area contributed by atoms with Crippen molar-refractivity contribution in [2.75, 3.05) is 39.6 Å². The predicted octanol–water partition coefficient (Wildman–Crippen LogP) is 4.80. The molecule has 178 valence electrons. The Labute approximate surface area is 189 Å². The first-order chi connectivity index (χ1) is 14.9. The third-order valence-electron chi connectivity index (χ3n) is 3.93. The van der Waals surface area contributed by atoms with Gasteiger partial charge in [-0.1, -0.05) is 52.8 Å². The summed E-state index contributed by atoms with van der Waals surface area (Å²) >= 11 is 0. The Morgan fingerprint density at radius 1 is 0.935 bits per heavy atom. The van der Waals surface area contributed by atoms with Gasteiger partial charge in [0.05, 0.1) is 26.4 Å². The number of amides is 1. The molecule has 0 saturated carbocycles. The van der Waals surface area contributed by atoms with Crippen molar-refractivity contribution in [3.63, 3.8) is 0 Å². The molecule has 6 heteroatoms. The van der Waals surface area contributed by atoms with Gasteiger partial charge < -0.3 is 19.5 Å². The SMILES string of the molecule is C=C(C)C(=O)OCCOCCOCCNC(=O)c1cc(C)cc(C)c1CC.CC.CC. The summed E-state index contributed by atoms with van der Waals surface area (Å²) in [6.07, 6.45) is 0.824. The van der Waals surface area contributed by atoms with Crippen LogP contribution in [-0.2, 0) is 25.4 Å². The molecule has 1 aromatic carbocycles. The molecule has 0 aliphatic rings. The molecule has 1 aromatic rings. The van der Waals surface area contributed by atoms with Crippen LogP contribution in [0.1, 0.15) is 68.6 Å². The van der Waals surface area contributed by atoms with Crippen LogP contribution in [0.25, 0.3) is 0 Å². The highest BCUT2D eigenvalue weighted by Gasteiger charge is 2.12. The molecule has 0 unspecified atom stereocenters. The van der Waals surface area contributed by atoms with Crippen LogP contribution in [0.15, 0.2) is 24.3 Å². The molecular formula is C25H43NO5. The zero-order valence-corrected chi connectivity index (χ0v) is 20.9. The number of hydrogen-bond acceptors (Lipinski definition) is 5. The Morgan fingerprint density at radius 3 is 2.03 bits per heavy atom. The molecule has 0 saturated heterocycles. The van der Waals surface area contributed by atoms with Gasteiger partial charge in [0, 0.05) is 17.7 Å². The lowest BCUT2D eigenvalue weighted by molar-refractivity contribution is -0.140. The lowest BCUT2D eigenvalue weighted by Gasteiger charge is -2.13. The number of aryl methyl sites for hydroxylation is 2. The summed E-state index contributed by atoms with van der Waals surface area (Å²) in [7, 11) is 0. The lowest BCUT2D eigenvalue weighted by Crippen LogP contribution is -2.28. The van der Waals surface area contributed by atoms with Gasteiger partial charge in [-0.3, -0.25) is 4.79 Å². The molecule has 6 nitrogen and oxygen atoms in total. The van der Waals surface area contributed by atoms with Gasteiger partial charge in [0.15, 0.2) is 0 Å². The molecule has 1 rings (SSSR count). The first kappa shape index (κ1) is 31.0. The Kier molecular flexibility index (Phi) is 19.8. The third-order valence-corrected chi connectivity index (χ3v) is 3.93. The topological polar surface area (TPSA) is 73.9 Å². The number of benzene rings is 1. The van der Waals surface area contributed by atoms with Gasteiger partial charge in [-0.15, -0.1) is 0 Å². The van der Waals surface area contributed by atoms with Crippen LogP contribution in [0.3, 0.4) is 0 Å². The average molecular weight is 438 g/mol. The van der Waals surface area contributed by atoms with E-state index in [4.69, 9.17) is 14.2 Å². The first-order valence-corrected chi connectivity index (χ1v) is 11.2. The fourth-order valence-electron chi connectivity index (χ4n) is 2.64. The molecule has 31 heavy (non-hydrogen) atoms. The van der Waals surface area contributed by atoms with Gasteiger partial charge >= 0.3 is 5.97 Å². The number of carbonyl (C=O) groups is 2. The van der Waals surface area contributed by atoms with Crippen molar-refractivity contribution in [1.29, 1.82) is 0 Å². The van der Waals surface area contributed by atoms with Crippen LogP contribution in [0.5, 0.6) is 0 Å². The number of hydrogen-bond donors (Lipinski definition) is 1. The molecule has 0 aliphatic carbocycles. The van der Waals surface area contributed by atoms with E-state index in [0.717, 1.165) is 28.7 Å². The van der Waals surface area contributed by atoms with Crippen molar-refractivity contribution in [2.24, 2.45) is 0 Å². The normalized spacial score (nSPS) is 9.55. The third kappa shape index (κ3) is 13.7. The molecule has 0 heterocycles. The first-order valence-electron chi connectivity index (χ1n) is 11.2. The maximum atomic E-state index is 12.4.